The first-order valence-electron chi connectivity index (χ1n) is 10.6. The first kappa shape index (κ1) is 21.1. The average molecular weight is 451 g/mol. The van der Waals surface area contributed by atoms with Crippen molar-refractivity contribution < 1.29 is 4.79 Å². The molecule has 0 aliphatic heterocycles. The van der Waals surface area contributed by atoms with Crippen LogP contribution >= 0.6 is 0 Å². The van der Waals surface area contributed by atoms with Crippen molar-refractivity contribution in [3.63, 3.8) is 0 Å². The third-order valence-corrected chi connectivity index (χ3v) is 5.37. The first-order chi connectivity index (χ1) is 16.6. The van der Waals surface area contributed by atoms with E-state index < -0.39 is 0 Å². The number of aromatic amines is 1. The Kier molecular flexibility index (Phi) is 5.57. The number of pyridine rings is 3. The Morgan fingerprint density at radius 1 is 1.12 bits per heavy atom. The number of amides is 1. The minimum absolute atomic E-state index is 0.170. The van der Waals surface area contributed by atoms with Gasteiger partial charge in [0.15, 0.2) is 0 Å². The number of hydrogen-bond acceptors (Lipinski definition) is 6. The zero-order chi connectivity index (χ0) is 23.5. The Bertz CT molecular complexity index is 1520. The standard InChI is InChI=1S/C25H21N7O2/c1-26-24(33)16-5-7-19(8-6-16)30-23-22-17(9-11-28-25(22)34)12-21(31-23)18-13-29-32(14-18)15-20-4-2-3-10-27-20/h2-14H,15H2,1H3,(H,26,33)(H,28,34)(H,30,31). The first-order valence-corrected chi connectivity index (χ1v) is 10.6. The molecule has 0 saturated heterocycles. The Hall–Kier alpha value is -4.79. The van der Waals surface area contributed by atoms with Crippen molar-refractivity contribution in [2.75, 3.05) is 12.4 Å². The number of H-pyrrole nitrogens is 1. The highest BCUT2D eigenvalue weighted by atomic mass is 16.1. The predicted molar refractivity (Wildman–Crippen MR) is 130 cm³/mol. The van der Waals surface area contributed by atoms with E-state index in [9.17, 15) is 9.59 Å². The summed E-state index contributed by atoms with van der Waals surface area (Å²) in [5.74, 6) is 0.246. The van der Waals surface area contributed by atoms with Gasteiger partial charge in [-0.2, -0.15) is 5.10 Å². The van der Waals surface area contributed by atoms with E-state index in [0.717, 1.165) is 16.6 Å². The van der Waals surface area contributed by atoms with Gasteiger partial charge in [-0.25, -0.2) is 4.98 Å². The number of nitrogens with one attached hydrogen (secondary N) is 3. The number of carbonyl (C=O) groups is 1. The minimum atomic E-state index is -0.244. The zero-order valence-corrected chi connectivity index (χ0v) is 18.3. The number of fused-ring (bicyclic) bond motifs is 1. The van der Waals surface area contributed by atoms with E-state index in [0.29, 0.717) is 34.7 Å². The summed E-state index contributed by atoms with van der Waals surface area (Å²) in [5.41, 5.74) is 3.39. The molecule has 0 aliphatic rings. The SMILES string of the molecule is CNC(=O)c1ccc(Nc2nc(-c3cnn(Cc4ccccn4)c3)cc3cc[nH]c(=O)c23)cc1. The topological polar surface area (TPSA) is 118 Å². The molecule has 5 rings (SSSR count). The van der Waals surface area contributed by atoms with Crippen molar-refractivity contribution in [3.8, 4) is 11.3 Å². The maximum absolute atomic E-state index is 12.6. The molecule has 9 heteroatoms. The van der Waals surface area contributed by atoms with Gasteiger partial charge in [0.2, 0.25) is 0 Å². The van der Waals surface area contributed by atoms with Gasteiger partial charge in [-0.05, 0) is 53.9 Å². The molecule has 9 nitrogen and oxygen atoms in total. The van der Waals surface area contributed by atoms with Crippen LogP contribution in [-0.2, 0) is 6.54 Å². The summed E-state index contributed by atoms with van der Waals surface area (Å²) >= 11 is 0. The van der Waals surface area contributed by atoms with Crippen molar-refractivity contribution in [1.29, 1.82) is 0 Å². The van der Waals surface area contributed by atoms with Gasteiger partial charge >= 0.3 is 0 Å². The summed E-state index contributed by atoms with van der Waals surface area (Å²) in [6.07, 6.45) is 7.01. The Morgan fingerprint density at radius 2 is 1.97 bits per heavy atom. The average Bonchev–Trinajstić information content (AvgIpc) is 3.33. The van der Waals surface area contributed by atoms with E-state index >= 15 is 0 Å². The molecule has 0 spiro atoms. The predicted octanol–water partition coefficient (Wildman–Crippen LogP) is 3.33. The van der Waals surface area contributed by atoms with E-state index in [4.69, 9.17) is 4.98 Å². The van der Waals surface area contributed by atoms with Gasteiger partial charge in [0.25, 0.3) is 11.5 Å². The molecule has 0 saturated carbocycles. The van der Waals surface area contributed by atoms with Crippen LogP contribution in [0.4, 0.5) is 11.5 Å². The molecule has 4 heterocycles. The lowest BCUT2D eigenvalue weighted by atomic mass is 10.1. The molecule has 4 aromatic heterocycles. The molecular formula is C25H21N7O2. The van der Waals surface area contributed by atoms with E-state index in [-0.39, 0.29) is 11.5 Å². The normalized spacial score (nSPS) is 10.9. The maximum atomic E-state index is 12.6. The second-order valence-electron chi connectivity index (χ2n) is 7.66. The van der Waals surface area contributed by atoms with E-state index in [2.05, 4.69) is 25.7 Å². The third kappa shape index (κ3) is 4.26. The quantitative estimate of drug-likeness (QED) is 0.365. The number of rotatable bonds is 6. The highest BCUT2D eigenvalue weighted by Gasteiger charge is 2.13. The van der Waals surface area contributed by atoms with Crippen LogP contribution in [0.15, 0.2) is 84.2 Å². The molecule has 0 radical (unpaired) electrons. The van der Waals surface area contributed by atoms with Crippen LogP contribution in [0, 0.1) is 0 Å². The number of anilines is 2. The molecular weight excluding hydrogens is 430 g/mol. The van der Waals surface area contributed by atoms with Crippen molar-refractivity contribution in [2.45, 2.75) is 6.54 Å². The number of carbonyl (C=O) groups excluding carboxylic acids is 1. The van der Waals surface area contributed by atoms with E-state index in [1.807, 2.05) is 36.5 Å². The van der Waals surface area contributed by atoms with Crippen LogP contribution in [0.25, 0.3) is 22.0 Å². The Balaban J connectivity index is 1.51. The van der Waals surface area contributed by atoms with Crippen LogP contribution < -0.4 is 16.2 Å². The molecule has 0 atom stereocenters. The highest BCUT2D eigenvalue weighted by molar-refractivity contribution is 5.96. The summed E-state index contributed by atoms with van der Waals surface area (Å²) in [7, 11) is 1.58. The fraction of sp³-hybridized carbons (Fsp3) is 0.0800. The lowest BCUT2D eigenvalue weighted by Gasteiger charge is -2.11. The number of nitrogens with zero attached hydrogens (tertiary/aromatic N) is 4. The smallest absolute Gasteiger partial charge is 0.259 e. The molecule has 34 heavy (non-hydrogen) atoms. The molecule has 0 unspecified atom stereocenters. The van der Waals surface area contributed by atoms with Crippen LogP contribution in [-0.4, -0.2) is 37.7 Å². The Labute approximate surface area is 194 Å². The molecule has 1 amide bonds. The second-order valence-corrected chi connectivity index (χ2v) is 7.66. The van der Waals surface area contributed by atoms with Gasteiger partial charge in [0.1, 0.15) is 5.82 Å². The van der Waals surface area contributed by atoms with Gasteiger partial charge in [-0.3, -0.25) is 19.3 Å². The summed E-state index contributed by atoms with van der Waals surface area (Å²) in [4.78, 5) is 36.2. The van der Waals surface area contributed by atoms with Crippen molar-refractivity contribution in [1.82, 2.24) is 30.0 Å². The van der Waals surface area contributed by atoms with Gasteiger partial charge in [0.05, 0.1) is 29.5 Å². The van der Waals surface area contributed by atoms with Crippen LogP contribution in [0.3, 0.4) is 0 Å². The lowest BCUT2D eigenvalue weighted by Crippen LogP contribution is -2.17. The van der Waals surface area contributed by atoms with Gasteiger partial charge in [-0.15, -0.1) is 0 Å². The third-order valence-electron chi connectivity index (χ3n) is 5.37. The zero-order valence-electron chi connectivity index (χ0n) is 18.3. The fourth-order valence-electron chi connectivity index (χ4n) is 3.68. The van der Waals surface area contributed by atoms with Gasteiger partial charge in [0, 0.05) is 42.5 Å². The second kappa shape index (κ2) is 8.99. The van der Waals surface area contributed by atoms with Crippen molar-refractivity contribution in [2.24, 2.45) is 0 Å². The summed E-state index contributed by atoms with van der Waals surface area (Å²) in [6, 6.07) is 16.4. The number of aromatic nitrogens is 5. The number of benzene rings is 1. The molecule has 0 aliphatic carbocycles. The highest BCUT2D eigenvalue weighted by Crippen LogP contribution is 2.27. The molecule has 5 aromatic rings. The molecule has 0 bridgehead atoms. The largest absolute Gasteiger partial charge is 0.355 e. The maximum Gasteiger partial charge on any atom is 0.259 e. The van der Waals surface area contributed by atoms with Crippen molar-refractivity contribution >= 4 is 28.2 Å². The van der Waals surface area contributed by atoms with Crippen molar-refractivity contribution in [3.05, 3.63) is 101 Å². The minimum Gasteiger partial charge on any atom is -0.355 e. The summed E-state index contributed by atoms with van der Waals surface area (Å²) < 4.78 is 1.80. The lowest BCUT2D eigenvalue weighted by molar-refractivity contribution is 0.0963. The molecule has 3 N–H and O–H groups in total. The fourth-order valence-corrected chi connectivity index (χ4v) is 3.68. The van der Waals surface area contributed by atoms with Crippen LogP contribution in [0.1, 0.15) is 16.1 Å². The van der Waals surface area contributed by atoms with Crippen LogP contribution in [0.5, 0.6) is 0 Å². The summed E-state index contributed by atoms with van der Waals surface area (Å²) in [5, 5.41) is 11.5. The molecule has 0 fully saturated rings. The van der Waals surface area contributed by atoms with E-state index in [1.54, 1.807) is 54.6 Å². The van der Waals surface area contributed by atoms with E-state index in [1.165, 1.54) is 0 Å². The Morgan fingerprint density at radius 3 is 2.74 bits per heavy atom. The van der Waals surface area contributed by atoms with Gasteiger partial charge < -0.3 is 15.6 Å². The molecule has 1 aromatic carbocycles. The molecule has 168 valence electrons. The van der Waals surface area contributed by atoms with Gasteiger partial charge in [-0.1, -0.05) is 6.07 Å². The monoisotopic (exact) mass is 451 g/mol. The summed E-state index contributed by atoms with van der Waals surface area (Å²) in [6.45, 7) is 0.539. The number of hydrogen-bond donors (Lipinski definition) is 3. The van der Waals surface area contributed by atoms with Crippen LogP contribution in [0.2, 0.25) is 0 Å².